The van der Waals surface area contributed by atoms with Gasteiger partial charge in [-0.05, 0) is 32.4 Å². The monoisotopic (exact) mass is 391 g/mol. The van der Waals surface area contributed by atoms with Gasteiger partial charge in [0, 0.05) is 48.3 Å². The molecule has 134 valence electrons. The van der Waals surface area contributed by atoms with Gasteiger partial charge in [-0.2, -0.15) is 4.31 Å². The minimum Gasteiger partial charge on any atom is -0.311 e. The van der Waals surface area contributed by atoms with Gasteiger partial charge in [0.25, 0.3) is 0 Å². The average molecular weight is 392 g/mol. The zero-order chi connectivity index (χ0) is 15.9. The summed E-state index contributed by atoms with van der Waals surface area (Å²) in [5.74, 6) is 0. The molecular formula is C16H23Cl2N3O2S. The van der Waals surface area contributed by atoms with Crippen molar-refractivity contribution in [3.05, 3.63) is 36.2 Å². The average Bonchev–Trinajstić information content (AvgIpc) is 2.49. The second-order valence-corrected chi connectivity index (χ2v) is 7.90. The zero-order valence-electron chi connectivity index (χ0n) is 13.9. The number of nitrogens with one attached hydrogen (secondary N) is 1. The van der Waals surface area contributed by atoms with Crippen molar-refractivity contribution in [3.63, 3.8) is 0 Å². The molecule has 0 bridgehead atoms. The van der Waals surface area contributed by atoms with E-state index < -0.39 is 10.0 Å². The molecule has 1 aliphatic heterocycles. The maximum atomic E-state index is 13.2. The highest BCUT2D eigenvalue weighted by molar-refractivity contribution is 7.89. The van der Waals surface area contributed by atoms with E-state index in [2.05, 4.69) is 10.3 Å². The number of sulfonamides is 1. The smallest absolute Gasteiger partial charge is 0.244 e. The lowest BCUT2D eigenvalue weighted by molar-refractivity contribution is 0.245. The molecule has 0 spiro atoms. The lowest BCUT2D eigenvalue weighted by atomic mass is 10.1. The van der Waals surface area contributed by atoms with Crippen LogP contribution in [0.5, 0.6) is 0 Å². The first-order chi connectivity index (χ1) is 10.4. The Kier molecular flexibility index (Phi) is 7.02. The molecule has 5 nitrogen and oxygen atoms in total. The van der Waals surface area contributed by atoms with E-state index in [4.69, 9.17) is 0 Å². The summed E-state index contributed by atoms with van der Waals surface area (Å²) >= 11 is 0. The molecule has 2 aromatic rings. The van der Waals surface area contributed by atoms with E-state index in [0.29, 0.717) is 18.0 Å². The summed E-state index contributed by atoms with van der Waals surface area (Å²) < 4.78 is 28.0. The molecule has 1 aromatic carbocycles. The van der Waals surface area contributed by atoms with Crippen molar-refractivity contribution in [2.75, 3.05) is 13.1 Å². The predicted molar refractivity (Wildman–Crippen MR) is 102 cm³/mol. The van der Waals surface area contributed by atoms with E-state index in [9.17, 15) is 8.42 Å². The van der Waals surface area contributed by atoms with Crippen molar-refractivity contribution in [2.45, 2.75) is 37.8 Å². The van der Waals surface area contributed by atoms with Crippen LogP contribution in [0.25, 0.3) is 10.8 Å². The maximum Gasteiger partial charge on any atom is 0.244 e. The quantitative estimate of drug-likeness (QED) is 0.854. The van der Waals surface area contributed by atoms with Crippen LogP contribution in [0.15, 0.2) is 35.5 Å². The summed E-state index contributed by atoms with van der Waals surface area (Å²) in [5, 5.41) is 4.95. The van der Waals surface area contributed by atoms with E-state index in [-0.39, 0.29) is 36.9 Å². The Labute approximate surface area is 155 Å². The lowest BCUT2D eigenvalue weighted by Gasteiger charge is -2.36. The second kappa shape index (κ2) is 7.97. The zero-order valence-corrected chi connectivity index (χ0v) is 16.3. The molecule has 0 saturated carbocycles. The van der Waals surface area contributed by atoms with Crippen LogP contribution in [-0.2, 0) is 10.0 Å². The fraction of sp³-hybridized carbons (Fsp3) is 0.438. The number of hydrogen-bond acceptors (Lipinski definition) is 4. The first-order valence-electron chi connectivity index (χ1n) is 7.50. The first-order valence-corrected chi connectivity index (χ1v) is 8.94. The number of hydrogen-bond donors (Lipinski definition) is 1. The number of rotatable bonds is 2. The molecular weight excluding hydrogens is 369 g/mol. The first kappa shape index (κ1) is 21.1. The van der Waals surface area contributed by atoms with Crippen LogP contribution in [0.1, 0.15) is 19.4 Å². The summed E-state index contributed by atoms with van der Waals surface area (Å²) in [6.07, 6.45) is 3.43. The summed E-state index contributed by atoms with van der Waals surface area (Å²) in [4.78, 5) is 4.54. The van der Waals surface area contributed by atoms with E-state index in [1.807, 2.05) is 26.8 Å². The van der Waals surface area contributed by atoms with E-state index in [1.54, 1.807) is 28.8 Å². The molecule has 2 atom stereocenters. The topological polar surface area (TPSA) is 62.3 Å². The molecule has 0 aliphatic carbocycles. The second-order valence-electron chi connectivity index (χ2n) is 6.04. The number of benzene rings is 1. The fourth-order valence-electron chi connectivity index (χ4n) is 3.04. The number of halogens is 2. The molecule has 1 aromatic heterocycles. The number of aromatic nitrogens is 1. The third kappa shape index (κ3) is 3.68. The summed E-state index contributed by atoms with van der Waals surface area (Å²) in [5.41, 5.74) is 0.882. The molecule has 0 amide bonds. The molecule has 3 rings (SSSR count). The van der Waals surface area contributed by atoms with E-state index in [1.165, 1.54) is 0 Å². The predicted octanol–water partition coefficient (Wildman–Crippen LogP) is 2.76. The normalized spacial score (nSPS) is 21.8. The largest absolute Gasteiger partial charge is 0.311 e. The van der Waals surface area contributed by atoms with Gasteiger partial charge < -0.3 is 5.32 Å². The Balaban J connectivity index is 0.00000144. The van der Waals surface area contributed by atoms with Crippen LogP contribution in [0, 0.1) is 6.92 Å². The van der Waals surface area contributed by atoms with Gasteiger partial charge in [-0.3, -0.25) is 4.98 Å². The van der Waals surface area contributed by atoms with Crippen LogP contribution in [0.4, 0.5) is 0 Å². The number of nitrogens with zero attached hydrogens (tertiary/aromatic N) is 2. The van der Waals surface area contributed by atoms with Crippen LogP contribution in [0.2, 0.25) is 0 Å². The van der Waals surface area contributed by atoms with Gasteiger partial charge in [-0.15, -0.1) is 24.8 Å². The van der Waals surface area contributed by atoms with Crippen molar-refractivity contribution in [3.8, 4) is 0 Å². The highest BCUT2D eigenvalue weighted by Crippen LogP contribution is 2.29. The van der Waals surface area contributed by atoms with Crippen LogP contribution >= 0.6 is 24.8 Å². The van der Waals surface area contributed by atoms with Gasteiger partial charge in [0.15, 0.2) is 0 Å². The SMILES string of the molecule is Cc1cncc2cccc(S(=O)(=O)N3C[C@@H](C)NC[C@H]3C)c12.Cl.Cl. The van der Waals surface area contributed by atoms with Crippen LogP contribution < -0.4 is 5.32 Å². The Morgan fingerprint density at radius 2 is 1.92 bits per heavy atom. The van der Waals surface area contributed by atoms with Gasteiger partial charge in [-0.1, -0.05) is 12.1 Å². The van der Waals surface area contributed by atoms with Crippen molar-refractivity contribution in [1.82, 2.24) is 14.6 Å². The summed E-state index contributed by atoms with van der Waals surface area (Å²) in [6, 6.07) is 5.48. The van der Waals surface area contributed by atoms with Gasteiger partial charge in [-0.25, -0.2) is 8.42 Å². The fourth-order valence-corrected chi connectivity index (χ4v) is 5.04. The van der Waals surface area contributed by atoms with Crippen molar-refractivity contribution >= 4 is 45.6 Å². The third-order valence-corrected chi connectivity index (χ3v) is 6.25. The molecule has 1 N–H and O–H groups in total. The van der Waals surface area contributed by atoms with Gasteiger partial charge in [0.2, 0.25) is 10.0 Å². The van der Waals surface area contributed by atoms with Gasteiger partial charge in [0.1, 0.15) is 0 Å². The Morgan fingerprint density at radius 3 is 2.62 bits per heavy atom. The molecule has 1 fully saturated rings. The van der Waals surface area contributed by atoms with E-state index >= 15 is 0 Å². The van der Waals surface area contributed by atoms with E-state index in [0.717, 1.165) is 16.3 Å². The minimum absolute atomic E-state index is 0. The molecule has 2 heterocycles. The van der Waals surface area contributed by atoms with Crippen LogP contribution in [-0.4, -0.2) is 42.9 Å². The van der Waals surface area contributed by atoms with Crippen molar-refractivity contribution in [1.29, 1.82) is 0 Å². The molecule has 1 saturated heterocycles. The standard InChI is InChI=1S/C16H21N3O2S.2ClH/c1-11-7-17-9-14-5-4-6-15(16(11)14)22(20,21)19-10-12(2)18-8-13(19)3;;/h4-7,9,12-13,18H,8,10H2,1-3H3;2*1H/t12-,13-;;/m1../s1. The highest BCUT2D eigenvalue weighted by atomic mass is 35.5. The summed E-state index contributed by atoms with van der Waals surface area (Å²) in [7, 11) is -3.53. The molecule has 0 radical (unpaired) electrons. The minimum atomic E-state index is -3.53. The third-order valence-electron chi connectivity index (χ3n) is 4.23. The Hall–Kier alpha value is -0.920. The number of piperazine rings is 1. The lowest BCUT2D eigenvalue weighted by Crippen LogP contribution is -2.56. The van der Waals surface area contributed by atoms with Crippen molar-refractivity contribution < 1.29 is 8.42 Å². The van der Waals surface area contributed by atoms with Gasteiger partial charge >= 0.3 is 0 Å². The number of aryl methyl sites for hydroxylation is 1. The number of pyridine rings is 1. The Bertz CT molecular complexity index is 809. The maximum absolute atomic E-state index is 13.2. The molecule has 8 heteroatoms. The Morgan fingerprint density at radius 1 is 1.21 bits per heavy atom. The molecule has 1 aliphatic rings. The molecule has 0 unspecified atom stereocenters. The van der Waals surface area contributed by atoms with Crippen molar-refractivity contribution in [2.24, 2.45) is 0 Å². The summed E-state index contributed by atoms with van der Waals surface area (Å²) in [6.45, 7) is 7.01. The highest BCUT2D eigenvalue weighted by Gasteiger charge is 2.34. The molecule has 24 heavy (non-hydrogen) atoms. The van der Waals surface area contributed by atoms with Crippen LogP contribution in [0.3, 0.4) is 0 Å². The van der Waals surface area contributed by atoms with Gasteiger partial charge in [0.05, 0.1) is 4.90 Å². The number of fused-ring (bicyclic) bond motifs is 1.